The highest BCUT2D eigenvalue weighted by Gasteiger charge is 2.20. The van der Waals surface area contributed by atoms with Crippen LogP contribution in [0, 0.1) is 5.92 Å². The van der Waals surface area contributed by atoms with E-state index in [0.29, 0.717) is 5.92 Å². The van der Waals surface area contributed by atoms with Crippen LogP contribution >= 0.6 is 0 Å². The van der Waals surface area contributed by atoms with Gasteiger partial charge in [0.25, 0.3) is 0 Å². The highest BCUT2D eigenvalue weighted by molar-refractivity contribution is 5.38. The van der Waals surface area contributed by atoms with Crippen LogP contribution in [-0.2, 0) is 0 Å². The van der Waals surface area contributed by atoms with Crippen LogP contribution in [-0.4, -0.2) is 48.6 Å². The standard InChI is InChI=1S/C14H24N4/c1-12(13(2)15)11-17-7-9-18(10-8-17)14-5-3-4-6-16-14/h3-6,12-13H,7-11,15H2,1-2H3. The molecule has 0 spiro atoms. The Morgan fingerprint density at radius 2 is 1.94 bits per heavy atom. The lowest BCUT2D eigenvalue weighted by molar-refractivity contribution is 0.214. The number of rotatable bonds is 4. The van der Waals surface area contributed by atoms with Crippen LogP contribution in [0.3, 0.4) is 0 Å². The zero-order chi connectivity index (χ0) is 13.0. The molecule has 1 saturated heterocycles. The van der Waals surface area contributed by atoms with E-state index in [1.54, 1.807) is 0 Å². The second kappa shape index (κ2) is 6.16. The fourth-order valence-electron chi connectivity index (χ4n) is 2.27. The molecule has 2 atom stereocenters. The van der Waals surface area contributed by atoms with Crippen molar-refractivity contribution >= 4 is 5.82 Å². The molecule has 0 aliphatic carbocycles. The van der Waals surface area contributed by atoms with Gasteiger partial charge in [-0.1, -0.05) is 13.0 Å². The quantitative estimate of drug-likeness (QED) is 0.869. The molecule has 0 radical (unpaired) electrons. The predicted octanol–water partition coefficient (Wildman–Crippen LogP) is 1.19. The third-order valence-corrected chi connectivity index (χ3v) is 3.79. The van der Waals surface area contributed by atoms with Gasteiger partial charge in [0, 0.05) is 45.0 Å². The van der Waals surface area contributed by atoms with Crippen molar-refractivity contribution in [3.63, 3.8) is 0 Å². The van der Waals surface area contributed by atoms with E-state index in [1.807, 2.05) is 18.3 Å². The summed E-state index contributed by atoms with van der Waals surface area (Å²) in [5, 5.41) is 0. The maximum atomic E-state index is 5.92. The molecule has 0 bridgehead atoms. The minimum absolute atomic E-state index is 0.277. The summed E-state index contributed by atoms with van der Waals surface area (Å²) in [6.07, 6.45) is 1.86. The van der Waals surface area contributed by atoms with Crippen molar-refractivity contribution < 1.29 is 0 Å². The van der Waals surface area contributed by atoms with Crippen molar-refractivity contribution in [3.8, 4) is 0 Å². The van der Waals surface area contributed by atoms with E-state index < -0.39 is 0 Å². The maximum Gasteiger partial charge on any atom is 0.128 e. The minimum atomic E-state index is 0.277. The SMILES string of the molecule is CC(N)C(C)CN1CCN(c2ccccn2)CC1. The number of aromatic nitrogens is 1. The van der Waals surface area contributed by atoms with Crippen LogP contribution in [0.1, 0.15) is 13.8 Å². The van der Waals surface area contributed by atoms with E-state index in [4.69, 9.17) is 5.73 Å². The number of hydrogen-bond acceptors (Lipinski definition) is 4. The van der Waals surface area contributed by atoms with Crippen LogP contribution < -0.4 is 10.6 Å². The molecule has 18 heavy (non-hydrogen) atoms. The molecule has 1 aromatic rings. The number of piperazine rings is 1. The van der Waals surface area contributed by atoms with Crippen molar-refractivity contribution in [1.29, 1.82) is 0 Å². The highest BCUT2D eigenvalue weighted by atomic mass is 15.3. The first-order valence-corrected chi connectivity index (χ1v) is 6.80. The number of anilines is 1. The van der Waals surface area contributed by atoms with Crippen LogP contribution in [0.4, 0.5) is 5.82 Å². The lowest BCUT2D eigenvalue weighted by atomic mass is 10.0. The van der Waals surface area contributed by atoms with Gasteiger partial charge in [0.05, 0.1) is 0 Å². The minimum Gasteiger partial charge on any atom is -0.354 e. The lowest BCUT2D eigenvalue weighted by Gasteiger charge is -2.37. The number of hydrogen-bond donors (Lipinski definition) is 1. The molecule has 0 amide bonds. The van der Waals surface area contributed by atoms with Crippen molar-refractivity contribution in [2.75, 3.05) is 37.6 Å². The largest absolute Gasteiger partial charge is 0.354 e. The van der Waals surface area contributed by atoms with Gasteiger partial charge in [-0.25, -0.2) is 4.98 Å². The summed E-state index contributed by atoms with van der Waals surface area (Å²) in [6, 6.07) is 6.37. The molecule has 0 aromatic carbocycles. The third-order valence-electron chi connectivity index (χ3n) is 3.79. The second-order valence-corrected chi connectivity index (χ2v) is 5.31. The zero-order valence-corrected chi connectivity index (χ0v) is 11.4. The highest BCUT2D eigenvalue weighted by Crippen LogP contribution is 2.13. The normalized spacial score (nSPS) is 20.7. The summed E-state index contributed by atoms with van der Waals surface area (Å²) in [4.78, 5) is 9.27. The Balaban J connectivity index is 1.81. The number of nitrogens with two attached hydrogens (primary N) is 1. The molecule has 1 aromatic heterocycles. The number of pyridine rings is 1. The Hall–Kier alpha value is -1.13. The Labute approximate surface area is 110 Å². The van der Waals surface area contributed by atoms with Gasteiger partial charge in [-0.15, -0.1) is 0 Å². The van der Waals surface area contributed by atoms with Gasteiger partial charge in [0.1, 0.15) is 5.82 Å². The van der Waals surface area contributed by atoms with E-state index in [-0.39, 0.29) is 6.04 Å². The van der Waals surface area contributed by atoms with Gasteiger partial charge >= 0.3 is 0 Å². The second-order valence-electron chi connectivity index (χ2n) is 5.31. The summed E-state index contributed by atoms with van der Waals surface area (Å²) in [5.41, 5.74) is 5.92. The Morgan fingerprint density at radius 3 is 2.50 bits per heavy atom. The molecule has 2 N–H and O–H groups in total. The summed E-state index contributed by atoms with van der Waals surface area (Å²) in [7, 11) is 0. The molecule has 4 heteroatoms. The Bertz CT molecular complexity index is 344. The van der Waals surface area contributed by atoms with Crippen LogP contribution in [0.15, 0.2) is 24.4 Å². The molecule has 0 saturated carbocycles. The molecule has 1 aliphatic heterocycles. The molecule has 100 valence electrons. The van der Waals surface area contributed by atoms with Gasteiger partial charge in [-0.05, 0) is 25.0 Å². The molecule has 1 aliphatic rings. The summed E-state index contributed by atoms with van der Waals surface area (Å²) >= 11 is 0. The monoisotopic (exact) mass is 248 g/mol. The van der Waals surface area contributed by atoms with Crippen molar-refractivity contribution in [2.24, 2.45) is 11.7 Å². The topological polar surface area (TPSA) is 45.4 Å². The van der Waals surface area contributed by atoms with E-state index >= 15 is 0 Å². The first kappa shape index (κ1) is 13.3. The first-order chi connectivity index (χ1) is 8.66. The molecular weight excluding hydrogens is 224 g/mol. The zero-order valence-electron chi connectivity index (χ0n) is 11.4. The average Bonchev–Trinajstić information content (AvgIpc) is 2.40. The van der Waals surface area contributed by atoms with E-state index in [9.17, 15) is 0 Å². The summed E-state index contributed by atoms with van der Waals surface area (Å²) in [5.74, 6) is 1.66. The summed E-state index contributed by atoms with van der Waals surface area (Å²) in [6.45, 7) is 9.75. The smallest absolute Gasteiger partial charge is 0.128 e. The first-order valence-electron chi connectivity index (χ1n) is 6.80. The molecule has 2 rings (SSSR count). The maximum absolute atomic E-state index is 5.92. The number of nitrogens with zero attached hydrogens (tertiary/aromatic N) is 3. The molecule has 1 fully saturated rings. The Morgan fingerprint density at radius 1 is 1.22 bits per heavy atom. The van der Waals surface area contributed by atoms with Gasteiger partial charge in [0.2, 0.25) is 0 Å². The van der Waals surface area contributed by atoms with Crippen molar-refractivity contribution in [2.45, 2.75) is 19.9 Å². The molecular formula is C14H24N4. The van der Waals surface area contributed by atoms with Crippen molar-refractivity contribution in [3.05, 3.63) is 24.4 Å². The fourth-order valence-corrected chi connectivity index (χ4v) is 2.27. The van der Waals surface area contributed by atoms with Gasteiger partial charge in [-0.3, -0.25) is 4.90 Å². The van der Waals surface area contributed by atoms with E-state index in [2.05, 4.69) is 34.7 Å². The Kier molecular flexibility index (Phi) is 4.55. The van der Waals surface area contributed by atoms with Crippen LogP contribution in [0.2, 0.25) is 0 Å². The molecule has 4 nitrogen and oxygen atoms in total. The molecule has 2 heterocycles. The molecule has 2 unspecified atom stereocenters. The van der Waals surface area contributed by atoms with E-state index in [0.717, 1.165) is 38.5 Å². The average molecular weight is 248 g/mol. The van der Waals surface area contributed by atoms with Gasteiger partial charge < -0.3 is 10.6 Å². The summed E-state index contributed by atoms with van der Waals surface area (Å²) < 4.78 is 0. The van der Waals surface area contributed by atoms with Gasteiger partial charge in [-0.2, -0.15) is 0 Å². The fraction of sp³-hybridized carbons (Fsp3) is 0.643. The lowest BCUT2D eigenvalue weighted by Crippen LogP contribution is -2.49. The van der Waals surface area contributed by atoms with Crippen LogP contribution in [0.5, 0.6) is 0 Å². The van der Waals surface area contributed by atoms with Crippen LogP contribution in [0.25, 0.3) is 0 Å². The predicted molar refractivity (Wildman–Crippen MR) is 75.7 cm³/mol. The third kappa shape index (κ3) is 3.43. The van der Waals surface area contributed by atoms with Crippen molar-refractivity contribution in [1.82, 2.24) is 9.88 Å². The van der Waals surface area contributed by atoms with E-state index in [1.165, 1.54) is 0 Å². The van der Waals surface area contributed by atoms with Gasteiger partial charge in [0.15, 0.2) is 0 Å².